The molecule has 148 valence electrons. The van der Waals surface area contributed by atoms with Crippen molar-refractivity contribution in [3.05, 3.63) is 59.5 Å². The van der Waals surface area contributed by atoms with Gasteiger partial charge < -0.3 is 14.4 Å². The highest BCUT2D eigenvalue weighted by Gasteiger charge is 2.35. The standard InChI is InChI=1S/C22H28N4O2/c1-16-12-18(14-26-21(16)23-19(24-26)13-20(27-3)28-4)25-11-10-22(2,15-25)17-8-6-5-7-9-17/h5-9,12,14,20H,10-11,13,15H2,1-4H3. The van der Waals surface area contributed by atoms with E-state index in [0.29, 0.717) is 6.42 Å². The fraction of sp³-hybridized carbons (Fsp3) is 0.455. The molecule has 2 aromatic heterocycles. The number of pyridine rings is 1. The lowest BCUT2D eigenvalue weighted by molar-refractivity contribution is -0.101. The molecule has 1 aliphatic rings. The van der Waals surface area contributed by atoms with Crippen molar-refractivity contribution in [1.82, 2.24) is 14.6 Å². The summed E-state index contributed by atoms with van der Waals surface area (Å²) < 4.78 is 12.4. The largest absolute Gasteiger partial charge is 0.369 e. The molecule has 3 heterocycles. The number of hydrogen-bond donors (Lipinski definition) is 0. The van der Waals surface area contributed by atoms with Gasteiger partial charge in [0.1, 0.15) is 0 Å². The Morgan fingerprint density at radius 2 is 1.93 bits per heavy atom. The van der Waals surface area contributed by atoms with Crippen molar-refractivity contribution >= 4 is 11.3 Å². The summed E-state index contributed by atoms with van der Waals surface area (Å²) in [5.74, 6) is 0.726. The van der Waals surface area contributed by atoms with Crippen LogP contribution in [0.3, 0.4) is 0 Å². The van der Waals surface area contributed by atoms with E-state index in [1.54, 1.807) is 14.2 Å². The first kappa shape index (κ1) is 18.9. The van der Waals surface area contributed by atoms with Gasteiger partial charge in [-0.1, -0.05) is 37.3 Å². The van der Waals surface area contributed by atoms with E-state index in [0.717, 1.165) is 36.5 Å². The normalized spacial score (nSPS) is 19.8. The van der Waals surface area contributed by atoms with Crippen LogP contribution in [-0.4, -0.2) is 48.2 Å². The fourth-order valence-corrected chi connectivity index (χ4v) is 4.10. The number of fused-ring (bicyclic) bond motifs is 1. The fourth-order valence-electron chi connectivity index (χ4n) is 4.10. The molecule has 0 saturated carbocycles. The van der Waals surface area contributed by atoms with Crippen LogP contribution < -0.4 is 4.90 Å². The molecule has 1 saturated heterocycles. The zero-order valence-electron chi connectivity index (χ0n) is 17.1. The maximum Gasteiger partial charge on any atom is 0.163 e. The first-order valence-corrected chi connectivity index (χ1v) is 9.74. The van der Waals surface area contributed by atoms with E-state index >= 15 is 0 Å². The third kappa shape index (κ3) is 3.50. The molecule has 6 nitrogen and oxygen atoms in total. The molecule has 0 N–H and O–H groups in total. The first-order chi connectivity index (χ1) is 13.5. The third-order valence-electron chi connectivity index (χ3n) is 5.83. The number of aryl methyl sites for hydroxylation is 1. The minimum absolute atomic E-state index is 0.168. The number of rotatable bonds is 6. The number of anilines is 1. The molecular weight excluding hydrogens is 352 g/mol. The van der Waals surface area contributed by atoms with Crippen molar-refractivity contribution < 1.29 is 9.47 Å². The Labute approximate surface area is 166 Å². The zero-order chi connectivity index (χ0) is 19.7. The Morgan fingerprint density at radius 1 is 1.18 bits per heavy atom. The quantitative estimate of drug-likeness (QED) is 0.614. The van der Waals surface area contributed by atoms with E-state index in [9.17, 15) is 0 Å². The van der Waals surface area contributed by atoms with Gasteiger partial charge >= 0.3 is 0 Å². The lowest BCUT2D eigenvalue weighted by atomic mass is 9.82. The van der Waals surface area contributed by atoms with Crippen LogP contribution in [0, 0.1) is 6.92 Å². The topological polar surface area (TPSA) is 51.9 Å². The summed E-state index contributed by atoms with van der Waals surface area (Å²) in [4.78, 5) is 7.12. The highest BCUT2D eigenvalue weighted by atomic mass is 16.7. The van der Waals surface area contributed by atoms with Gasteiger partial charge in [0.2, 0.25) is 0 Å². The Bertz CT molecular complexity index is 952. The summed E-state index contributed by atoms with van der Waals surface area (Å²) in [6.07, 6.45) is 3.42. The monoisotopic (exact) mass is 380 g/mol. The number of benzene rings is 1. The number of ether oxygens (including phenoxy) is 2. The molecule has 0 aliphatic carbocycles. The van der Waals surface area contributed by atoms with E-state index in [2.05, 4.69) is 71.4 Å². The predicted molar refractivity (Wildman–Crippen MR) is 110 cm³/mol. The van der Waals surface area contributed by atoms with Gasteiger partial charge in [-0.05, 0) is 30.5 Å². The summed E-state index contributed by atoms with van der Waals surface area (Å²) in [6, 6.07) is 13.0. The molecule has 1 fully saturated rings. The summed E-state index contributed by atoms with van der Waals surface area (Å²) in [5, 5.41) is 4.65. The number of hydrogen-bond acceptors (Lipinski definition) is 5. The van der Waals surface area contributed by atoms with Crippen molar-refractivity contribution in [3.63, 3.8) is 0 Å². The summed E-state index contributed by atoms with van der Waals surface area (Å²) in [7, 11) is 3.26. The molecule has 28 heavy (non-hydrogen) atoms. The van der Waals surface area contributed by atoms with E-state index in [4.69, 9.17) is 9.47 Å². The van der Waals surface area contributed by atoms with Crippen molar-refractivity contribution in [2.24, 2.45) is 0 Å². The van der Waals surface area contributed by atoms with Crippen LogP contribution in [0.5, 0.6) is 0 Å². The van der Waals surface area contributed by atoms with Gasteiger partial charge in [-0.25, -0.2) is 9.50 Å². The lowest BCUT2D eigenvalue weighted by Crippen LogP contribution is -2.28. The minimum Gasteiger partial charge on any atom is -0.369 e. The minimum atomic E-state index is -0.331. The Balaban J connectivity index is 1.59. The van der Waals surface area contributed by atoms with Crippen LogP contribution in [0.15, 0.2) is 42.6 Å². The van der Waals surface area contributed by atoms with Crippen molar-refractivity contribution in [2.45, 2.75) is 38.4 Å². The Morgan fingerprint density at radius 3 is 2.64 bits per heavy atom. The van der Waals surface area contributed by atoms with Gasteiger partial charge in [-0.2, -0.15) is 5.10 Å². The maximum atomic E-state index is 5.28. The van der Waals surface area contributed by atoms with Gasteiger partial charge in [-0.15, -0.1) is 0 Å². The molecule has 3 aromatic rings. The van der Waals surface area contributed by atoms with Gasteiger partial charge in [-0.3, -0.25) is 0 Å². The molecule has 1 unspecified atom stereocenters. The van der Waals surface area contributed by atoms with Gasteiger partial charge in [0.05, 0.1) is 18.3 Å². The van der Waals surface area contributed by atoms with Crippen LogP contribution >= 0.6 is 0 Å². The molecule has 0 amide bonds. The van der Waals surface area contributed by atoms with Crippen LogP contribution in [0.2, 0.25) is 0 Å². The van der Waals surface area contributed by atoms with Gasteiger partial charge in [0, 0.05) is 32.7 Å². The molecule has 1 aromatic carbocycles. The van der Waals surface area contributed by atoms with E-state index in [1.165, 1.54) is 11.3 Å². The van der Waals surface area contributed by atoms with Gasteiger partial charge in [0.15, 0.2) is 17.8 Å². The second-order valence-electron chi connectivity index (χ2n) is 7.88. The second kappa shape index (κ2) is 7.53. The molecule has 1 aliphatic heterocycles. The summed E-state index contributed by atoms with van der Waals surface area (Å²) in [5.41, 5.74) is 4.77. The van der Waals surface area contributed by atoms with Crippen molar-refractivity contribution in [3.8, 4) is 0 Å². The highest BCUT2D eigenvalue weighted by molar-refractivity contribution is 5.58. The number of methoxy groups -OCH3 is 2. The van der Waals surface area contributed by atoms with Crippen LogP contribution in [0.25, 0.3) is 5.65 Å². The van der Waals surface area contributed by atoms with E-state index in [-0.39, 0.29) is 11.7 Å². The predicted octanol–water partition coefficient (Wildman–Crippen LogP) is 3.37. The maximum absolute atomic E-state index is 5.28. The molecule has 0 spiro atoms. The SMILES string of the molecule is COC(Cc1nc2c(C)cc(N3CCC(C)(c4ccccc4)C3)cn2n1)OC. The summed E-state index contributed by atoms with van der Waals surface area (Å²) >= 11 is 0. The number of nitrogens with zero attached hydrogens (tertiary/aromatic N) is 4. The Hall–Kier alpha value is -2.44. The smallest absolute Gasteiger partial charge is 0.163 e. The van der Waals surface area contributed by atoms with E-state index in [1.807, 2.05) is 4.52 Å². The van der Waals surface area contributed by atoms with E-state index < -0.39 is 0 Å². The lowest BCUT2D eigenvalue weighted by Gasteiger charge is -2.26. The first-order valence-electron chi connectivity index (χ1n) is 9.74. The number of aromatic nitrogens is 3. The molecule has 0 radical (unpaired) electrons. The zero-order valence-corrected chi connectivity index (χ0v) is 17.1. The average Bonchev–Trinajstić information content (AvgIpc) is 3.31. The summed E-state index contributed by atoms with van der Waals surface area (Å²) in [6.45, 7) is 6.48. The van der Waals surface area contributed by atoms with Crippen LogP contribution in [0.4, 0.5) is 5.69 Å². The van der Waals surface area contributed by atoms with Crippen molar-refractivity contribution in [1.29, 1.82) is 0 Å². The molecule has 0 bridgehead atoms. The van der Waals surface area contributed by atoms with Crippen LogP contribution in [-0.2, 0) is 21.3 Å². The van der Waals surface area contributed by atoms with Crippen molar-refractivity contribution in [2.75, 3.05) is 32.2 Å². The molecule has 1 atom stereocenters. The highest BCUT2D eigenvalue weighted by Crippen LogP contribution is 2.36. The molecule has 6 heteroatoms. The average molecular weight is 380 g/mol. The van der Waals surface area contributed by atoms with Gasteiger partial charge in [0.25, 0.3) is 0 Å². The Kier molecular flexibility index (Phi) is 5.08. The molecular formula is C22H28N4O2. The third-order valence-corrected chi connectivity index (χ3v) is 5.83. The van der Waals surface area contributed by atoms with Crippen LogP contribution in [0.1, 0.15) is 30.3 Å². The molecule has 4 rings (SSSR count). The second-order valence-corrected chi connectivity index (χ2v) is 7.88.